The van der Waals surface area contributed by atoms with Crippen LogP contribution >= 0.6 is 0 Å². The standard InChI is InChI=1S/C16H16F3N3O3S/c1-25-13-3-2-4-14(8-13)26(23,24)21-12-9-22(10-12)15-7-11(5-6-20-15)16(17,18)19/h2-8,12,21H,9-10H2,1H3. The SMILES string of the molecule is COc1cccc(S(=O)(=O)NC2CN(c3cc(C(F)(F)F)ccn3)C2)c1. The second-order valence-electron chi connectivity index (χ2n) is 5.80. The molecule has 2 aromatic rings. The van der Waals surface area contributed by atoms with Crippen LogP contribution in [0.15, 0.2) is 47.5 Å². The molecule has 0 saturated carbocycles. The van der Waals surface area contributed by atoms with Gasteiger partial charge in [0.2, 0.25) is 10.0 Å². The van der Waals surface area contributed by atoms with Crippen molar-refractivity contribution >= 4 is 15.8 Å². The number of alkyl halides is 3. The van der Waals surface area contributed by atoms with Crippen molar-refractivity contribution in [3.05, 3.63) is 48.2 Å². The lowest BCUT2D eigenvalue weighted by molar-refractivity contribution is -0.137. The minimum Gasteiger partial charge on any atom is -0.497 e. The highest BCUT2D eigenvalue weighted by molar-refractivity contribution is 7.89. The molecule has 6 nitrogen and oxygen atoms in total. The first-order chi connectivity index (χ1) is 12.2. The van der Waals surface area contributed by atoms with Crippen LogP contribution in [0.2, 0.25) is 0 Å². The number of nitrogens with zero attached hydrogens (tertiary/aromatic N) is 2. The third-order valence-electron chi connectivity index (χ3n) is 3.95. The third-order valence-corrected chi connectivity index (χ3v) is 5.47. The molecule has 140 valence electrons. The van der Waals surface area contributed by atoms with Gasteiger partial charge >= 0.3 is 6.18 Å². The zero-order valence-corrected chi connectivity index (χ0v) is 14.5. The fourth-order valence-corrected chi connectivity index (χ4v) is 3.82. The Morgan fingerprint density at radius 3 is 2.62 bits per heavy atom. The summed E-state index contributed by atoms with van der Waals surface area (Å²) in [6.45, 7) is 0.467. The van der Waals surface area contributed by atoms with Gasteiger partial charge in [-0.25, -0.2) is 18.1 Å². The predicted molar refractivity (Wildman–Crippen MR) is 88.6 cm³/mol. The van der Waals surface area contributed by atoms with Gasteiger partial charge in [0, 0.05) is 25.4 Å². The molecule has 1 aliphatic rings. The smallest absolute Gasteiger partial charge is 0.416 e. The second-order valence-corrected chi connectivity index (χ2v) is 7.52. The van der Waals surface area contributed by atoms with Crippen molar-refractivity contribution in [3.8, 4) is 5.75 Å². The highest BCUT2D eigenvalue weighted by atomic mass is 32.2. The largest absolute Gasteiger partial charge is 0.497 e. The Hall–Kier alpha value is -2.33. The Balaban J connectivity index is 1.65. The average Bonchev–Trinajstić information content (AvgIpc) is 2.57. The molecule has 10 heteroatoms. The number of rotatable bonds is 5. The number of anilines is 1. The molecular weight excluding hydrogens is 371 g/mol. The van der Waals surface area contributed by atoms with Gasteiger partial charge in [0.1, 0.15) is 11.6 Å². The normalized spacial score (nSPS) is 15.6. The Bertz CT molecular complexity index is 897. The van der Waals surface area contributed by atoms with Gasteiger partial charge in [-0.15, -0.1) is 0 Å². The first-order valence-electron chi connectivity index (χ1n) is 7.63. The van der Waals surface area contributed by atoms with Crippen LogP contribution in [0.3, 0.4) is 0 Å². The molecule has 1 aliphatic heterocycles. The number of benzene rings is 1. The molecule has 0 spiro atoms. The highest BCUT2D eigenvalue weighted by Crippen LogP contribution is 2.31. The van der Waals surface area contributed by atoms with Gasteiger partial charge in [0.05, 0.1) is 23.6 Å². The van der Waals surface area contributed by atoms with Crippen LogP contribution in [0.4, 0.5) is 19.0 Å². The van der Waals surface area contributed by atoms with Gasteiger partial charge < -0.3 is 9.64 Å². The Morgan fingerprint density at radius 2 is 1.96 bits per heavy atom. The number of halogens is 3. The molecule has 1 aromatic heterocycles. The van der Waals surface area contributed by atoms with E-state index in [0.29, 0.717) is 5.75 Å². The van der Waals surface area contributed by atoms with Gasteiger partial charge in [-0.3, -0.25) is 0 Å². The summed E-state index contributed by atoms with van der Waals surface area (Å²) < 4.78 is 70.6. The van der Waals surface area contributed by atoms with Crippen LogP contribution in [0, 0.1) is 0 Å². The molecule has 0 amide bonds. The summed E-state index contributed by atoms with van der Waals surface area (Å²) in [5.74, 6) is 0.577. The quantitative estimate of drug-likeness (QED) is 0.852. The van der Waals surface area contributed by atoms with Crippen molar-refractivity contribution in [2.24, 2.45) is 0 Å². The van der Waals surface area contributed by atoms with Crippen LogP contribution in [0.25, 0.3) is 0 Å². The number of pyridine rings is 1. The van der Waals surface area contributed by atoms with Crippen LogP contribution in [0.5, 0.6) is 5.75 Å². The minimum atomic E-state index is -4.45. The number of methoxy groups -OCH3 is 1. The maximum atomic E-state index is 12.8. The van der Waals surface area contributed by atoms with E-state index < -0.39 is 27.8 Å². The topological polar surface area (TPSA) is 71.5 Å². The molecule has 0 bridgehead atoms. The van der Waals surface area contributed by atoms with Crippen molar-refractivity contribution < 1.29 is 26.3 Å². The summed E-state index contributed by atoms with van der Waals surface area (Å²) in [5, 5.41) is 0. The summed E-state index contributed by atoms with van der Waals surface area (Å²) >= 11 is 0. The summed E-state index contributed by atoms with van der Waals surface area (Å²) in [4.78, 5) is 5.56. The number of hydrogen-bond donors (Lipinski definition) is 1. The van der Waals surface area contributed by atoms with E-state index in [4.69, 9.17) is 4.74 Å². The lowest BCUT2D eigenvalue weighted by atomic mass is 10.1. The van der Waals surface area contributed by atoms with E-state index in [9.17, 15) is 21.6 Å². The Labute approximate surface area is 148 Å². The van der Waals surface area contributed by atoms with Crippen LogP contribution in [0.1, 0.15) is 5.56 Å². The average molecular weight is 387 g/mol. The first kappa shape index (κ1) is 18.5. The van der Waals surface area contributed by atoms with Gasteiger partial charge in [0.15, 0.2) is 0 Å². The van der Waals surface area contributed by atoms with Crippen molar-refractivity contribution in [1.82, 2.24) is 9.71 Å². The number of hydrogen-bond acceptors (Lipinski definition) is 5. The molecule has 1 aromatic carbocycles. The zero-order chi connectivity index (χ0) is 18.9. The Kier molecular flexibility index (Phi) is 4.80. The molecule has 1 fully saturated rings. The van der Waals surface area contributed by atoms with E-state index in [1.807, 2.05) is 0 Å². The van der Waals surface area contributed by atoms with Gasteiger partial charge in [-0.05, 0) is 24.3 Å². The van der Waals surface area contributed by atoms with Crippen LogP contribution in [-0.4, -0.2) is 39.6 Å². The monoisotopic (exact) mass is 387 g/mol. The van der Waals surface area contributed by atoms with Gasteiger partial charge in [0.25, 0.3) is 0 Å². The first-order valence-corrected chi connectivity index (χ1v) is 9.12. The fourth-order valence-electron chi connectivity index (χ4n) is 2.56. The lowest BCUT2D eigenvalue weighted by Crippen LogP contribution is -2.59. The molecule has 0 radical (unpaired) electrons. The summed E-state index contributed by atoms with van der Waals surface area (Å²) in [7, 11) is -2.31. The number of aromatic nitrogens is 1. The third kappa shape index (κ3) is 3.91. The van der Waals surface area contributed by atoms with Crippen molar-refractivity contribution in [3.63, 3.8) is 0 Å². The highest BCUT2D eigenvalue weighted by Gasteiger charge is 2.35. The summed E-state index contributed by atoms with van der Waals surface area (Å²) in [6, 6.07) is 7.46. The maximum Gasteiger partial charge on any atom is 0.416 e. The molecule has 1 saturated heterocycles. The number of sulfonamides is 1. The van der Waals surface area contributed by atoms with Crippen molar-refractivity contribution in [2.75, 3.05) is 25.1 Å². The van der Waals surface area contributed by atoms with Gasteiger partial charge in [-0.2, -0.15) is 13.2 Å². The van der Waals surface area contributed by atoms with Crippen molar-refractivity contribution in [1.29, 1.82) is 0 Å². The predicted octanol–water partition coefficient (Wildman–Crippen LogP) is 2.28. The van der Waals surface area contributed by atoms with Crippen LogP contribution < -0.4 is 14.4 Å². The minimum absolute atomic E-state index is 0.0625. The van der Waals surface area contributed by atoms with Crippen molar-refractivity contribution in [2.45, 2.75) is 17.1 Å². The van der Waals surface area contributed by atoms with E-state index >= 15 is 0 Å². The summed E-state index contributed by atoms with van der Waals surface area (Å²) in [5.41, 5.74) is -0.789. The summed E-state index contributed by atoms with van der Waals surface area (Å²) in [6.07, 6.45) is -3.36. The molecule has 0 unspecified atom stereocenters. The van der Waals surface area contributed by atoms with Gasteiger partial charge in [-0.1, -0.05) is 6.07 Å². The maximum absolute atomic E-state index is 12.8. The number of ether oxygens (including phenoxy) is 1. The molecule has 1 N–H and O–H groups in total. The second kappa shape index (κ2) is 6.76. The van der Waals surface area contributed by atoms with E-state index in [1.165, 1.54) is 19.2 Å². The van der Waals surface area contributed by atoms with E-state index in [0.717, 1.165) is 18.3 Å². The Morgan fingerprint density at radius 1 is 1.23 bits per heavy atom. The number of nitrogens with one attached hydrogen (secondary N) is 1. The lowest BCUT2D eigenvalue weighted by Gasteiger charge is -2.40. The molecule has 2 heterocycles. The zero-order valence-electron chi connectivity index (χ0n) is 13.7. The van der Waals surface area contributed by atoms with E-state index in [-0.39, 0.29) is 23.8 Å². The fraction of sp³-hybridized carbons (Fsp3) is 0.312. The van der Waals surface area contributed by atoms with E-state index in [2.05, 4.69) is 9.71 Å². The molecule has 3 rings (SSSR count). The molecule has 0 atom stereocenters. The molecule has 26 heavy (non-hydrogen) atoms. The van der Waals surface area contributed by atoms with Crippen LogP contribution in [-0.2, 0) is 16.2 Å². The van der Waals surface area contributed by atoms with E-state index in [1.54, 1.807) is 17.0 Å². The molecule has 0 aliphatic carbocycles. The molecular formula is C16H16F3N3O3S.